The average molecular weight is 314 g/mol. The fourth-order valence-electron chi connectivity index (χ4n) is 2.57. The number of hydrogen-bond acceptors (Lipinski definition) is 3. The third-order valence-corrected chi connectivity index (χ3v) is 4.55. The lowest BCUT2D eigenvalue weighted by atomic mass is 9.93. The number of hydrogen-bond donors (Lipinski definition) is 0. The second-order valence-electron chi connectivity index (χ2n) is 6.26. The zero-order chi connectivity index (χ0) is 17.0. The van der Waals surface area contributed by atoms with E-state index in [4.69, 9.17) is 4.74 Å². The van der Waals surface area contributed by atoms with Gasteiger partial charge in [-0.3, -0.25) is 0 Å². The summed E-state index contributed by atoms with van der Waals surface area (Å²) in [5.41, 5.74) is 3.67. The van der Waals surface area contributed by atoms with Crippen LogP contribution in [0.4, 0.5) is 4.79 Å². The van der Waals surface area contributed by atoms with Crippen molar-refractivity contribution in [3.8, 4) is 0 Å². The van der Waals surface area contributed by atoms with E-state index in [9.17, 15) is 4.79 Å². The standard InChI is InChI=1S/C19H26N2O2/c1-6-13(2)12-23-19(22)21-11-10-20-18(21)16(5)17-9-7-8-14(3)15(17)4/h7-11,13,16H,6,12H2,1-5H3/t13-,16-/m0/s1. The van der Waals surface area contributed by atoms with Gasteiger partial charge in [0.2, 0.25) is 0 Å². The maximum absolute atomic E-state index is 12.3. The van der Waals surface area contributed by atoms with Gasteiger partial charge in [0.25, 0.3) is 0 Å². The number of aromatic nitrogens is 2. The van der Waals surface area contributed by atoms with E-state index in [0.717, 1.165) is 6.42 Å². The second kappa shape index (κ2) is 7.44. The van der Waals surface area contributed by atoms with Gasteiger partial charge in [-0.25, -0.2) is 14.3 Å². The zero-order valence-corrected chi connectivity index (χ0v) is 14.7. The number of ether oxygens (including phenoxy) is 1. The van der Waals surface area contributed by atoms with Crippen LogP contribution in [-0.4, -0.2) is 22.3 Å². The van der Waals surface area contributed by atoms with Gasteiger partial charge in [-0.1, -0.05) is 45.4 Å². The minimum atomic E-state index is -0.352. The molecule has 0 aliphatic carbocycles. The molecule has 0 fully saturated rings. The summed E-state index contributed by atoms with van der Waals surface area (Å²) in [4.78, 5) is 16.7. The molecule has 0 aliphatic rings. The predicted molar refractivity (Wildman–Crippen MR) is 91.9 cm³/mol. The maximum Gasteiger partial charge on any atom is 0.419 e. The molecule has 0 unspecified atom stereocenters. The van der Waals surface area contributed by atoms with Crippen molar-refractivity contribution in [3.05, 3.63) is 53.1 Å². The lowest BCUT2D eigenvalue weighted by Crippen LogP contribution is -2.20. The molecule has 2 rings (SSSR count). The Balaban J connectivity index is 2.23. The summed E-state index contributed by atoms with van der Waals surface area (Å²) >= 11 is 0. The van der Waals surface area contributed by atoms with E-state index in [1.165, 1.54) is 21.3 Å². The Morgan fingerprint density at radius 3 is 2.74 bits per heavy atom. The first-order valence-corrected chi connectivity index (χ1v) is 8.22. The number of benzene rings is 1. The van der Waals surface area contributed by atoms with Gasteiger partial charge < -0.3 is 4.74 Å². The van der Waals surface area contributed by atoms with Crippen LogP contribution in [0.1, 0.15) is 55.6 Å². The van der Waals surface area contributed by atoms with Crippen LogP contribution in [0.3, 0.4) is 0 Å². The van der Waals surface area contributed by atoms with Crippen LogP contribution in [0, 0.1) is 19.8 Å². The van der Waals surface area contributed by atoms with Crippen LogP contribution in [0.5, 0.6) is 0 Å². The minimum Gasteiger partial charge on any atom is -0.449 e. The molecule has 23 heavy (non-hydrogen) atoms. The zero-order valence-electron chi connectivity index (χ0n) is 14.7. The Hall–Kier alpha value is -2.10. The highest BCUT2D eigenvalue weighted by atomic mass is 16.5. The van der Waals surface area contributed by atoms with E-state index in [1.54, 1.807) is 12.4 Å². The van der Waals surface area contributed by atoms with Gasteiger partial charge in [0.05, 0.1) is 6.61 Å². The Morgan fingerprint density at radius 2 is 2.04 bits per heavy atom. The number of imidazole rings is 1. The first kappa shape index (κ1) is 17.3. The van der Waals surface area contributed by atoms with Gasteiger partial charge in [-0.15, -0.1) is 0 Å². The molecule has 0 aliphatic heterocycles. The lowest BCUT2D eigenvalue weighted by molar-refractivity contribution is 0.129. The van der Waals surface area contributed by atoms with Crippen molar-refractivity contribution in [2.75, 3.05) is 6.61 Å². The molecule has 124 valence electrons. The Kier molecular flexibility index (Phi) is 5.59. The fourth-order valence-corrected chi connectivity index (χ4v) is 2.57. The molecule has 1 aromatic carbocycles. The van der Waals surface area contributed by atoms with Crippen molar-refractivity contribution in [2.24, 2.45) is 5.92 Å². The van der Waals surface area contributed by atoms with Crippen molar-refractivity contribution in [2.45, 2.75) is 47.0 Å². The van der Waals surface area contributed by atoms with Gasteiger partial charge in [0.15, 0.2) is 0 Å². The van der Waals surface area contributed by atoms with E-state index in [2.05, 4.69) is 51.7 Å². The van der Waals surface area contributed by atoms with Crippen molar-refractivity contribution < 1.29 is 9.53 Å². The molecule has 0 radical (unpaired) electrons. The van der Waals surface area contributed by atoms with Gasteiger partial charge in [0.1, 0.15) is 5.82 Å². The monoisotopic (exact) mass is 314 g/mol. The average Bonchev–Trinajstić information content (AvgIpc) is 3.03. The largest absolute Gasteiger partial charge is 0.449 e. The number of aryl methyl sites for hydroxylation is 1. The number of nitrogens with zero attached hydrogens (tertiary/aromatic N) is 2. The van der Waals surface area contributed by atoms with Crippen molar-refractivity contribution in [1.82, 2.24) is 9.55 Å². The van der Waals surface area contributed by atoms with Gasteiger partial charge in [0, 0.05) is 18.3 Å². The summed E-state index contributed by atoms with van der Waals surface area (Å²) in [6.07, 6.45) is 3.97. The quantitative estimate of drug-likeness (QED) is 0.804. The molecule has 1 aromatic heterocycles. The number of carbonyl (C=O) groups is 1. The number of carbonyl (C=O) groups excluding carboxylic acids is 1. The van der Waals surface area contributed by atoms with Crippen molar-refractivity contribution in [1.29, 1.82) is 0 Å². The molecular weight excluding hydrogens is 288 g/mol. The van der Waals surface area contributed by atoms with E-state index in [-0.39, 0.29) is 12.0 Å². The number of rotatable bonds is 5. The molecule has 2 aromatic rings. The smallest absolute Gasteiger partial charge is 0.419 e. The summed E-state index contributed by atoms with van der Waals surface area (Å²) in [6.45, 7) is 10.9. The fraction of sp³-hybridized carbons (Fsp3) is 0.474. The molecule has 0 amide bonds. The minimum absolute atomic E-state index is 0.0287. The van der Waals surface area contributed by atoms with Gasteiger partial charge in [-0.05, 0) is 36.5 Å². The van der Waals surface area contributed by atoms with Crippen LogP contribution < -0.4 is 0 Å². The summed E-state index contributed by atoms with van der Waals surface area (Å²) in [5, 5.41) is 0. The molecule has 0 bridgehead atoms. The van der Waals surface area contributed by atoms with E-state index < -0.39 is 0 Å². The molecule has 2 atom stereocenters. The van der Waals surface area contributed by atoms with Gasteiger partial charge >= 0.3 is 6.09 Å². The summed E-state index contributed by atoms with van der Waals surface area (Å²) in [6, 6.07) is 6.23. The third kappa shape index (κ3) is 3.81. The molecule has 0 saturated heterocycles. The molecular formula is C19H26N2O2. The first-order chi connectivity index (χ1) is 11.0. The van der Waals surface area contributed by atoms with Crippen LogP contribution >= 0.6 is 0 Å². The normalized spacial score (nSPS) is 13.6. The second-order valence-corrected chi connectivity index (χ2v) is 6.26. The summed E-state index contributed by atoms with van der Waals surface area (Å²) in [7, 11) is 0. The van der Waals surface area contributed by atoms with Crippen LogP contribution in [0.25, 0.3) is 0 Å². The molecule has 0 spiro atoms. The topological polar surface area (TPSA) is 44.1 Å². The van der Waals surface area contributed by atoms with Crippen molar-refractivity contribution in [3.63, 3.8) is 0 Å². The van der Waals surface area contributed by atoms with E-state index in [0.29, 0.717) is 18.3 Å². The Labute approximate surface area is 138 Å². The summed E-state index contributed by atoms with van der Waals surface area (Å²) in [5.74, 6) is 1.11. The van der Waals surface area contributed by atoms with Crippen LogP contribution in [0.15, 0.2) is 30.6 Å². The summed E-state index contributed by atoms with van der Waals surface area (Å²) < 4.78 is 6.93. The first-order valence-electron chi connectivity index (χ1n) is 8.22. The van der Waals surface area contributed by atoms with Crippen LogP contribution in [-0.2, 0) is 4.74 Å². The van der Waals surface area contributed by atoms with Crippen LogP contribution in [0.2, 0.25) is 0 Å². The highest BCUT2D eigenvalue weighted by molar-refractivity contribution is 5.71. The Morgan fingerprint density at radius 1 is 1.30 bits per heavy atom. The van der Waals surface area contributed by atoms with Crippen molar-refractivity contribution >= 4 is 6.09 Å². The highest BCUT2D eigenvalue weighted by Gasteiger charge is 2.20. The van der Waals surface area contributed by atoms with E-state index >= 15 is 0 Å². The van der Waals surface area contributed by atoms with E-state index in [1.807, 2.05) is 6.07 Å². The predicted octanol–water partition coefficient (Wildman–Crippen LogP) is 4.68. The van der Waals surface area contributed by atoms with Gasteiger partial charge in [-0.2, -0.15) is 0 Å². The third-order valence-electron chi connectivity index (χ3n) is 4.55. The molecule has 0 N–H and O–H groups in total. The lowest BCUT2D eigenvalue weighted by Gasteiger charge is -2.17. The molecule has 4 heteroatoms. The Bertz CT molecular complexity index is 676. The molecule has 4 nitrogen and oxygen atoms in total. The highest BCUT2D eigenvalue weighted by Crippen LogP contribution is 2.27. The molecule has 0 saturated carbocycles. The maximum atomic E-state index is 12.3. The molecule has 1 heterocycles. The SMILES string of the molecule is CC[C@H](C)COC(=O)n1ccnc1[C@@H](C)c1cccc(C)c1C.